The molecule has 0 saturated heterocycles. The summed E-state index contributed by atoms with van der Waals surface area (Å²) in [5, 5.41) is 17.7. The normalized spacial score (nSPS) is 10.6. The molecule has 0 bridgehead atoms. The van der Waals surface area contributed by atoms with Gasteiger partial charge in [0.2, 0.25) is 0 Å². The zero-order chi connectivity index (χ0) is 23.6. The molecule has 0 aliphatic rings. The summed E-state index contributed by atoms with van der Waals surface area (Å²) in [6, 6.07) is 20.6. The zero-order valence-electron chi connectivity index (χ0n) is 17.9. The second kappa shape index (κ2) is 11.2. The van der Waals surface area contributed by atoms with E-state index in [1.165, 1.54) is 31.3 Å². The molecule has 0 spiro atoms. The minimum absolute atomic E-state index is 0.112. The van der Waals surface area contributed by atoms with Crippen LogP contribution < -0.4 is 15.5 Å². The molecule has 3 rings (SSSR count). The van der Waals surface area contributed by atoms with E-state index in [1.807, 2.05) is 30.3 Å². The van der Waals surface area contributed by atoms with Crippen LogP contribution >= 0.6 is 0 Å². The summed E-state index contributed by atoms with van der Waals surface area (Å²) < 4.78 is 5.47. The fourth-order valence-corrected chi connectivity index (χ4v) is 2.94. The first-order valence-corrected chi connectivity index (χ1v) is 10.0. The standard InChI is InChI=1S/C24H22N4O5/c1-17-21(8-5-9-22(17)28(31)32)24(30)27-26-15-19-10-12-20(13-11-19)33-16-23(29)25-14-18-6-3-2-4-7-18/h2-13,15H,14,16H2,1H3,(H,25,29)(H,27,30)/b26-15-. The van der Waals surface area contributed by atoms with Gasteiger partial charge in [-0.2, -0.15) is 5.10 Å². The number of nitrogens with zero attached hydrogens (tertiary/aromatic N) is 2. The van der Waals surface area contributed by atoms with Crippen molar-refractivity contribution >= 4 is 23.7 Å². The minimum atomic E-state index is -0.547. The predicted octanol–water partition coefficient (Wildman–Crippen LogP) is 3.36. The number of rotatable bonds is 9. The molecule has 0 aromatic heterocycles. The largest absolute Gasteiger partial charge is 0.484 e. The number of hydrogen-bond donors (Lipinski definition) is 2. The van der Waals surface area contributed by atoms with Crippen LogP contribution in [0.15, 0.2) is 77.9 Å². The Hall–Kier alpha value is -4.53. The number of hydrazone groups is 1. The molecule has 0 aliphatic carbocycles. The maximum Gasteiger partial charge on any atom is 0.273 e. The Bertz CT molecular complexity index is 1160. The van der Waals surface area contributed by atoms with Crippen LogP contribution in [0.3, 0.4) is 0 Å². The van der Waals surface area contributed by atoms with Crippen molar-refractivity contribution < 1.29 is 19.2 Å². The first-order valence-electron chi connectivity index (χ1n) is 10.0. The highest BCUT2D eigenvalue weighted by Crippen LogP contribution is 2.20. The fraction of sp³-hybridized carbons (Fsp3) is 0.125. The molecular weight excluding hydrogens is 424 g/mol. The van der Waals surface area contributed by atoms with E-state index in [4.69, 9.17) is 4.74 Å². The summed E-state index contributed by atoms with van der Waals surface area (Å²) in [4.78, 5) is 34.7. The third-order valence-electron chi connectivity index (χ3n) is 4.71. The summed E-state index contributed by atoms with van der Waals surface area (Å²) in [5.41, 5.74) is 4.37. The molecule has 2 amide bonds. The molecule has 168 valence electrons. The maximum atomic E-state index is 12.3. The van der Waals surface area contributed by atoms with Crippen molar-refractivity contribution in [3.8, 4) is 5.75 Å². The molecule has 0 atom stereocenters. The van der Waals surface area contributed by atoms with E-state index >= 15 is 0 Å². The number of ether oxygens (including phenoxy) is 1. The predicted molar refractivity (Wildman–Crippen MR) is 123 cm³/mol. The van der Waals surface area contributed by atoms with Crippen molar-refractivity contribution in [1.82, 2.24) is 10.7 Å². The number of nitrogens with one attached hydrogen (secondary N) is 2. The third kappa shape index (κ3) is 6.73. The molecule has 0 saturated carbocycles. The molecular formula is C24H22N4O5. The van der Waals surface area contributed by atoms with E-state index in [0.717, 1.165) is 5.56 Å². The average Bonchev–Trinajstić information content (AvgIpc) is 2.82. The van der Waals surface area contributed by atoms with Crippen LogP contribution in [0.5, 0.6) is 5.75 Å². The van der Waals surface area contributed by atoms with Crippen LogP contribution in [0.4, 0.5) is 5.69 Å². The second-order valence-electron chi connectivity index (χ2n) is 7.03. The summed E-state index contributed by atoms with van der Waals surface area (Å²) in [5.74, 6) is -0.268. The lowest BCUT2D eigenvalue weighted by molar-refractivity contribution is -0.385. The first-order chi connectivity index (χ1) is 15.9. The molecule has 33 heavy (non-hydrogen) atoms. The highest BCUT2D eigenvalue weighted by Gasteiger charge is 2.17. The highest BCUT2D eigenvalue weighted by molar-refractivity contribution is 5.97. The quantitative estimate of drug-likeness (QED) is 0.296. The lowest BCUT2D eigenvalue weighted by atomic mass is 10.1. The SMILES string of the molecule is Cc1c(C(=O)N/N=C\c2ccc(OCC(=O)NCc3ccccc3)cc2)cccc1[N+](=O)[O-]. The average molecular weight is 446 g/mol. The van der Waals surface area contributed by atoms with Gasteiger partial charge < -0.3 is 10.1 Å². The number of benzene rings is 3. The van der Waals surface area contributed by atoms with Gasteiger partial charge in [0.1, 0.15) is 5.75 Å². The van der Waals surface area contributed by atoms with Crippen molar-refractivity contribution in [3.05, 3.63) is 105 Å². The lowest BCUT2D eigenvalue weighted by Crippen LogP contribution is -2.28. The number of amides is 2. The van der Waals surface area contributed by atoms with Crippen molar-refractivity contribution in [2.75, 3.05) is 6.61 Å². The Morgan fingerprint density at radius 1 is 1.03 bits per heavy atom. The maximum absolute atomic E-state index is 12.3. The molecule has 2 N–H and O–H groups in total. The summed E-state index contributed by atoms with van der Waals surface area (Å²) in [6.07, 6.45) is 1.43. The van der Waals surface area contributed by atoms with Gasteiger partial charge in [0.15, 0.2) is 6.61 Å². The van der Waals surface area contributed by atoms with Gasteiger partial charge in [-0.15, -0.1) is 0 Å². The van der Waals surface area contributed by atoms with Gasteiger partial charge in [0, 0.05) is 18.2 Å². The molecule has 0 aliphatic heterocycles. The van der Waals surface area contributed by atoms with Gasteiger partial charge in [0.25, 0.3) is 17.5 Å². The minimum Gasteiger partial charge on any atom is -0.484 e. The van der Waals surface area contributed by atoms with Gasteiger partial charge in [-0.3, -0.25) is 19.7 Å². The van der Waals surface area contributed by atoms with E-state index < -0.39 is 10.8 Å². The van der Waals surface area contributed by atoms with Gasteiger partial charge in [0.05, 0.1) is 16.7 Å². The van der Waals surface area contributed by atoms with Gasteiger partial charge in [-0.05, 0) is 48.4 Å². The molecule has 3 aromatic rings. The van der Waals surface area contributed by atoms with E-state index in [0.29, 0.717) is 17.9 Å². The molecule has 9 heteroatoms. The van der Waals surface area contributed by atoms with Crippen LogP contribution in [0.2, 0.25) is 0 Å². The Morgan fingerprint density at radius 3 is 2.45 bits per heavy atom. The number of carbonyl (C=O) groups excluding carboxylic acids is 2. The van der Waals surface area contributed by atoms with Crippen LogP contribution in [0.1, 0.15) is 27.0 Å². The molecule has 3 aromatic carbocycles. The molecule has 0 unspecified atom stereocenters. The molecule has 0 fully saturated rings. The van der Waals surface area contributed by atoms with Crippen molar-refractivity contribution in [2.45, 2.75) is 13.5 Å². The summed E-state index contributed by atoms with van der Waals surface area (Å²) in [6.45, 7) is 1.83. The number of hydrogen-bond acceptors (Lipinski definition) is 6. The van der Waals surface area contributed by atoms with E-state index in [2.05, 4.69) is 15.8 Å². The highest BCUT2D eigenvalue weighted by atomic mass is 16.6. The van der Waals surface area contributed by atoms with E-state index in [9.17, 15) is 19.7 Å². The molecule has 0 heterocycles. The van der Waals surface area contributed by atoms with Crippen LogP contribution in [-0.2, 0) is 11.3 Å². The Morgan fingerprint density at radius 2 is 1.76 bits per heavy atom. The van der Waals surface area contributed by atoms with Crippen molar-refractivity contribution in [2.24, 2.45) is 5.10 Å². The van der Waals surface area contributed by atoms with Crippen molar-refractivity contribution in [1.29, 1.82) is 0 Å². The number of carbonyl (C=O) groups is 2. The Kier molecular flexibility index (Phi) is 7.85. The summed E-state index contributed by atoms with van der Waals surface area (Å²) in [7, 11) is 0. The van der Waals surface area contributed by atoms with E-state index in [-0.39, 0.29) is 29.3 Å². The van der Waals surface area contributed by atoms with Crippen LogP contribution in [0.25, 0.3) is 0 Å². The smallest absolute Gasteiger partial charge is 0.273 e. The number of nitro benzene ring substituents is 1. The zero-order valence-corrected chi connectivity index (χ0v) is 17.9. The monoisotopic (exact) mass is 446 g/mol. The fourth-order valence-electron chi connectivity index (χ4n) is 2.94. The first kappa shape index (κ1) is 23.1. The lowest BCUT2D eigenvalue weighted by Gasteiger charge is -2.08. The third-order valence-corrected chi connectivity index (χ3v) is 4.71. The topological polar surface area (TPSA) is 123 Å². The van der Waals surface area contributed by atoms with Gasteiger partial charge >= 0.3 is 0 Å². The van der Waals surface area contributed by atoms with Gasteiger partial charge in [-0.25, -0.2) is 5.43 Å². The molecule has 0 radical (unpaired) electrons. The van der Waals surface area contributed by atoms with Crippen LogP contribution in [0, 0.1) is 17.0 Å². The summed E-state index contributed by atoms with van der Waals surface area (Å²) >= 11 is 0. The van der Waals surface area contributed by atoms with E-state index in [1.54, 1.807) is 24.3 Å². The number of nitro groups is 1. The Labute approximate surface area is 190 Å². The van der Waals surface area contributed by atoms with Gasteiger partial charge in [-0.1, -0.05) is 36.4 Å². The van der Waals surface area contributed by atoms with Crippen molar-refractivity contribution in [3.63, 3.8) is 0 Å². The second-order valence-corrected chi connectivity index (χ2v) is 7.03. The molecule has 9 nitrogen and oxygen atoms in total. The van der Waals surface area contributed by atoms with Crippen LogP contribution in [-0.4, -0.2) is 29.6 Å². The Balaban J connectivity index is 1.47.